The summed E-state index contributed by atoms with van der Waals surface area (Å²) in [6.07, 6.45) is -0.927. The van der Waals surface area contributed by atoms with Crippen LogP contribution in [-0.2, 0) is 24.3 Å². The molecule has 0 fully saturated rings. The summed E-state index contributed by atoms with van der Waals surface area (Å²) in [4.78, 5) is 23.1. The van der Waals surface area contributed by atoms with Crippen LogP contribution in [0.2, 0.25) is 5.02 Å². The van der Waals surface area contributed by atoms with Crippen molar-refractivity contribution in [3.63, 3.8) is 0 Å². The van der Waals surface area contributed by atoms with Crippen LogP contribution in [0.4, 0.5) is 0 Å². The first-order valence-corrected chi connectivity index (χ1v) is 8.75. The van der Waals surface area contributed by atoms with E-state index in [1.54, 1.807) is 13.0 Å². The number of nitrogens with zero attached hydrogens (tertiary/aromatic N) is 1. The van der Waals surface area contributed by atoms with Crippen LogP contribution in [0.15, 0.2) is 23.1 Å². The van der Waals surface area contributed by atoms with Gasteiger partial charge in [-0.3, -0.25) is 9.59 Å². The number of likely N-dealkylation sites (N-methyl/N-ethyl adjacent to an activating group) is 1. The lowest BCUT2D eigenvalue weighted by molar-refractivity contribution is -0.156. The van der Waals surface area contributed by atoms with E-state index in [9.17, 15) is 18.0 Å². The summed E-state index contributed by atoms with van der Waals surface area (Å²) in [5.74, 6) is -1.13. The molecular weight excluding hydrogens is 342 g/mol. The molecule has 128 valence electrons. The Bertz CT molecular complexity index is 717. The normalized spacial score (nSPS) is 14.4. The first-order chi connectivity index (χ1) is 10.5. The highest BCUT2D eigenvalue weighted by molar-refractivity contribution is 7.89. The van der Waals surface area contributed by atoms with Crippen LogP contribution in [0.25, 0.3) is 0 Å². The van der Waals surface area contributed by atoms with Gasteiger partial charge in [-0.1, -0.05) is 17.7 Å². The van der Waals surface area contributed by atoms with Crippen molar-refractivity contribution in [2.45, 2.75) is 44.7 Å². The van der Waals surface area contributed by atoms with E-state index in [4.69, 9.17) is 16.3 Å². The molecule has 0 bridgehead atoms. The highest BCUT2D eigenvalue weighted by atomic mass is 35.5. The number of carbonyl (C=O) groups is 2. The number of sulfonamides is 1. The van der Waals surface area contributed by atoms with Crippen LogP contribution in [-0.4, -0.2) is 43.7 Å². The molecule has 0 spiro atoms. The summed E-state index contributed by atoms with van der Waals surface area (Å²) in [5.41, 5.74) is 0.819. The van der Waals surface area contributed by atoms with Gasteiger partial charge < -0.3 is 4.74 Å². The van der Waals surface area contributed by atoms with Crippen LogP contribution in [0.1, 0.15) is 26.3 Å². The number of rotatable bonds is 6. The monoisotopic (exact) mass is 361 g/mol. The lowest BCUT2D eigenvalue weighted by atomic mass is 10.2. The van der Waals surface area contributed by atoms with E-state index in [1.807, 2.05) is 0 Å². The number of esters is 1. The van der Waals surface area contributed by atoms with Crippen molar-refractivity contribution in [2.24, 2.45) is 0 Å². The molecule has 0 aliphatic heterocycles. The van der Waals surface area contributed by atoms with Crippen LogP contribution in [0.5, 0.6) is 0 Å². The van der Waals surface area contributed by atoms with E-state index in [0.717, 1.165) is 9.87 Å². The standard InChI is InChI=1S/C15H20ClNO5S/c1-9-6-7-14(13(16)8-9)23(20,21)17(5)10(2)15(19)22-12(4)11(3)18/h6-8,10,12H,1-5H3. The van der Waals surface area contributed by atoms with Crippen molar-refractivity contribution in [3.05, 3.63) is 28.8 Å². The summed E-state index contributed by atoms with van der Waals surface area (Å²) >= 11 is 6.00. The second kappa shape index (κ2) is 7.42. The molecule has 1 rings (SSSR count). The average Bonchev–Trinajstić information content (AvgIpc) is 2.44. The van der Waals surface area contributed by atoms with E-state index in [-0.39, 0.29) is 15.7 Å². The number of aryl methyl sites for hydroxylation is 1. The number of Topliss-reactive ketones (excluding diaryl/α,β-unsaturated/α-hetero) is 1. The molecule has 2 atom stereocenters. The summed E-state index contributed by atoms with van der Waals surface area (Å²) in [6.45, 7) is 5.89. The molecule has 0 N–H and O–H groups in total. The Morgan fingerprint density at radius 3 is 2.30 bits per heavy atom. The van der Waals surface area contributed by atoms with Gasteiger partial charge in [0, 0.05) is 7.05 Å². The van der Waals surface area contributed by atoms with Crippen molar-refractivity contribution in [1.82, 2.24) is 4.31 Å². The van der Waals surface area contributed by atoms with Crippen molar-refractivity contribution < 1.29 is 22.7 Å². The third-order valence-electron chi connectivity index (χ3n) is 3.50. The maximum Gasteiger partial charge on any atom is 0.324 e. The maximum absolute atomic E-state index is 12.6. The molecule has 0 radical (unpaired) electrons. The van der Waals surface area contributed by atoms with Gasteiger partial charge in [-0.15, -0.1) is 0 Å². The molecule has 1 aromatic rings. The van der Waals surface area contributed by atoms with Crippen LogP contribution in [0, 0.1) is 6.92 Å². The molecule has 8 heteroatoms. The third kappa shape index (κ3) is 4.53. The van der Waals surface area contributed by atoms with Gasteiger partial charge in [-0.2, -0.15) is 4.31 Å². The third-order valence-corrected chi connectivity index (χ3v) is 5.91. The Balaban J connectivity index is 3.04. The average molecular weight is 362 g/mol. The SMILES string of the molecule is CC(=O)C(C)OC(=O)C(C)N(C)S(=O)(=O)c1ccc(C)cc1Cl. The summed E-state index contributed by atoms with van der Waals surface area (Å²) in [5, 5.41) is 0.0783. The van der Waals surface area contributed by atoms with Crippen molar-refractivity contribution in [3.8, 4) is 0 Å². The first-order valence-electron chi connectivity index (χ1n) is 6.93. The Morgan fingerprint density at radius 2 is 1.83 bits per heavy atom. The molecule has 0 heterocycles. The molecule has 23 heavy (non-hydrogen) atoms. The molecule has 0 aromatic heterocycles. The van der Waals surface area contributed by atoms with Crippen LogP contribution in [0.3, 0.4) is 0 Å². The Hall–Kier alpha value is -1.44. The first kappa shape index (κ1) is 19.6. The lowest BCUT2D eigenvalue weighted by Crippen LogP contribution is -2.42. The molecule has 2 unspecified atom stereocenters. The number of ether oxygens (including phenoxy) is 1. The maximum atomic E-state index is 12.6. The fraction of sp³-hybridized carbons (Fsp3) is 0.467. The van der Waals surface area contributed by atoms with Gasteiger partial charge in [0.25, 0.3) is 0 Å². The van der Waals surface area contributed by atoms with Gasteiger partial charge in [0.15, 0.2) is 11.9 Å². The van der Waals surface area contributed by atoms with Gasteiger partial charge in [0.2, 0.25) is 10.0 Å². The van der Waals surface area contributed by atoms with E-state index < -0.39 is 28.1 Å². The predicted octanol–water partition coefficient (Wildman–Crippen LogP) is 2.18. The number of halogens is 1. The van der Waals surface area contributed by atoms with E-state index in [0.29, 0.717) is 0 Å². The topological polar surface area (TPSA) is 80.8 Å². The van der Waals surface area contributed by atoms with E-state index in [1.165, 1.54) is 40.0 Å². The minimum absolute atomic E-state index is 0.0783. The molecular formula is C15H20ClNO5S. The van der Waals surface area contributed by atoms with Crippen LogP contribution < -0.4 is 0 Å². The molecule has 0 saturated heterocycles. The van der Waals surface area contributed by atoms with Gasteiger partial charge in [0.1, 0.15) is 10.9 Å². The number of hydrogen-bond acceptors (Lipinski definition) is 5. The summed E-state index contributed by atoms with van der Waals surface area (Å²) in [6, 6.07) is 3.44. The lowest BCUT2D eigenvalue weighted by Gasteiger charge is -2.24. The zero-order valence-corrected chi connectivity index (χ0v) is 15.2. The van der Waals surface area contributed by atoms with Gasteiger partial charge >= 0.3 is 5.97 Å². The number of ketones is 1. The minimum atomic E-state index is -3.97. The van der Waals surface area contributed by atoms with Crippen LogP contribution >= 0.6 is 11.6 Å². The van der Waals surface area contributed by atoms with Gasteiger partial charge in [-0.05, 0) is 45.4 Å². The minimum Gasteiger partial charge on any atom is -0.453 e. The smallest absolute Gasteiger partial charge is 0.324 e. The second-order valence-electron chi connectivity index (χ2n) is 5.32. The largest absolute Gasteiger partial charge is 0.453 e. The molecule has 0 aliphatic rings. The molecule has 0 saturated carbocycles. The second-order valence-corrected chi connectivity index (χ2v) is 7.69. The van der Waals surface area contributed by atoms with Gasteiger partial charge in [-0.25, -0.2) is 8.42 Å². The highest BCUT2D eigenvalue weighted by Gasteiger charge is 2.33. The highest BCUT2D eigenvalue weighted by Crippen LogP contribution is 2.26. The number of hydrogen-bond donors (Lipinski definition) is 0. The fourth-order valence-electron chi connectivity index (χ4n) is 1.68. The van der Waals surface area contributed by atoms with E-state index >= 15 is 0 Å². The molecule has 0 amide bonds. The fourth-order valence-corrected chi connectivity index (χ4v) is 3.57. The van der Waals surface area contributed by atoms with Crippen molar-refractivity contribution in [1.29, 1.82) is 0 Å². The molecule has 6 nitrogen and oxygen atoms in total. The number of benzene rings is 1. The number of carbonyl (C=O) groups excluding carboxylic acids is 2. The predicted molar refractivity (Wildman–Crippen MR) is 86.8 cm³/mol. The quantitative estimate of drug-likeness (QED) is 0.725. The van der Waals surface area contributed by atoms with E-state index in [2.05, 4.69) is 0 Å². The van der Waals surface area contributed by atoms with Crippen molar-refractivity contribution in [2.75, 3.05) is 7.05 Å². The Labute approximate surface area is 141 Å². The Kier molecular flexibility index (Phi) is 6.33. The molecule has 0 aliphatic carbocycles. The Morgan fingerprint density at radius 1 is 1.26 bits per heavy atom. The van der Waals surface area contributed by atoms with Gasteiger partial charge in [0.05, 0.1) is 5.02 Å². The zero-order chi connectivity index (χ0) is 17.9. The van der Waals surface area contributed by atoms with Crippen molar-refractivity contribution >= 4 is 33.4 Å². The summed E-state index contributed by atoms with van der Waals surface area (Å²) in [7, 11) is -2.71. The summed E-state index contributed by atoms with van der Waals surface area (Å²) < 4.78 is 31.0. The molecule has 1 aromatic carbocycles. The zero-order valence-electron chi connectivity index (χ0n) is 13.7.